The summed E-state index contributed by atoms with van der Waals surface area (Å²) in [5.74, 6) is -0.198. The predicted molar refractivity (Wildman–Crippen MR) is 82.1 cm³/mol. The molecular weight excluding hydrogens is 343 g/mol. The molecule has 3 unspecified atom stereocenters. The van der Waals surface area contributed by atoms with Gasteiger partial charge in [-0.2, -0.15) is 13.2 Å². The standard InChI is InChI=1S/C16H18F3NO3S/c17-16(18,19)12-3-1-11(2-4-12)13-7-14(13)15(21)20-8-10-5-6-24(22,23)9-10/h1-4,10,13-14H,5-9H2,(H,20,21). The van der Waals surface area contributed by atoms with Crippen molar-refractivity contribution >= 4 is 15.7 Å². The zero-order valence-corrected chi connectivity index (χ0v) is 13.7. The van der Waals surface area contributed by atoms with Gasteiger partial charge in [0.1, 0.15) is 0 Å². The summed E-state index contributed by atoms with van der Waals surface area (Å²) >= 11 is 0. The molecule has 1 aromatic rings. The van der Waals surface area contributed by atoms with Gasteiger partial charge in [0.15, 0.2) is 9.84 Å². The summed E-state index contributed by atoms with van der Waals surface area (Å²) < 4.78 is 60.4. The first-order valence-electron chi connectivity index (χ1n) is 7.81. The maximum atomic E-state index is 12.5. The van der Waals surface area contributed by atoms with Crippen molar-refractivity contribution in [2.75, 3.05) is 18.1 Å². The topological polar surface area (TPSA) is 63.2 Å². The fourth-order valence-electron chi connectivity index (χ4n) is 3.18. The number of hydrogen-bond acceptors (Lipinski definition) is 3. The highest BCUT2D eigenvalue weighted by molar-refractivity contribution is 7.91. The number of halogens is 3. The number of alkyl halides is 3. The second-order valence-electron chi connectivity index (χ2n) is 6.58. The van der Waals surface area contributed by atoms with Crippen LogP contribution >= 0.6 is 0 Å². The summed E-state index contributed by atoms with van der Waals surface area (Å²) in [5.41, 5.74) is 0.0296. The van der Waals surface area contributed by atoms with Crippen LogP contribution in [0, 0.1) is 11.8 Å². The zero-order valence-electron chi connectivity index (χ0n) is 12.8. The second-order valence-corrected chi connectivity index (χ2v) is 8.81. The van der Waals surface area contributed by atoms with Gasteiger partial charge in [0, 0.05) is 12.5 Å². The van der Waals surface area contributed by atoms with Crippen molar-refractivity contribution in [3.8, 4) is 0 Å². The van der Waals surface area contributed by atoms with Crippen LogP contribution in [0.4, 0.5) is 13.2 Å². The Bertz CT molecular complexity index is 728. The molecule has 1 aliphatic carbocycles. The summed E-state index contributed by atoms with van der Waals surface area (Å²) in [6.07, 6.45) is -3.18. The van der Waals surface area contributed by atoms with Crippen LogP contribution in [-0.4, -0.2) is 32.4 Å². The third kappa shape index (κ3) is 3.91. The number of benzene rings is 1. The molecule has 3 rings (SSSR count). The molecule has 8 heteroatoms. The molecule has 1 saturated carbocycles. The van der Waals surface area contributed by atoms with E-state index in [9.17, 15) is 26.4 Å². The van der Waals surface area contributed by atoms with E-state index in [1.807, 2.05) is 0 Å². The minimum atomic E-state index is -4.36. The lowest BCUT2D eigenvalue weighted by Crippen LogP contribution is -2.31. The number of nitrogens with one attached hydrogen (secondary N) is 1. The molecule has 0 aromatic heterocycles. The van der Waals surface area contributed by atoms with Gasteiger partial charge in [-0.15, -0.1) is 0 Å². The highest BCUT2D eigenvalue weighted by Crippen LogP contribution is 2.48. The Hall–Kier alpha value is -1.57. The molecule has 1 aliphatic heterocycles. The fraction of sp³-hybridized carbons (Fsp3) is 0.562. The number of hydrogen-bond donors (Lipinski definition) is 1. The first-order valence-corrected chi connectivity index (χ1v) is 9.63. The van der Waals surface area contributed by atoms with Crippen molar-refractivity contribution in [2.24, 2.45) is 11.8 Å². The number of carbonyl (C=O) groups excluding carboxylic acids is 1. The van der Waals surface area contributed by atoms with E-state index >= 15 is 0 Å². The van der Waals surface area contributed by atoms with E-state index in [1.165, 1.54) is 12.1 Å². The van der Waals surface area contributed by atoms with Gasteiger partial charge in [0.25, 0.3) is 0 Å². The molecule has 2 aliphatic rings. The molecule has 1 N–H and O–H groups in total. The Morgan fingerprint density at radius 2 is 1.88 bits per heavy atom. The maximum Gasteiger partial charge on any atom is 0.416 e. The van der Waals surface area contributed by atoms with Crippen molar-refractivity contribution in [2.45, 2.75) is 24.9 Å². The number of rotatable bonds is 4. The molecule has 24 heavy (non-hydrogen) atoms. The molecule has 4 nitrogen and oxygen atoms in total. The van der Waals surface area contributed by atoms with Gasteiger partial charge >= 0.3 is 6.18 Å². The van der Waals surface area contributed by atoms with Gasteiger partial charge in [-0.25, -0.2) is 8.42 Å². The fourth-order valence-corrected chi connectivity index (χ4v) is 5.04. The maximum absolute atomic E-state index is 12.5. The van der Waals surface area contributed by atoms with Crippen molar-refractivity contribution < 1.29 is 26.4 Å². The molecule has 0 spiro atoms. The van der Waals surface area contributed by atoms with Gasteiger partial charge in [-0.1, -0.05) is 12.1 Å². The van der Waals surface area contributed by atoms with E-state index in [0.29, 0.717) is 19.4 Å². The Kier molecular flexibility index (Phi) is 4.36. The largest absolute Gasteiger partial charge is 0.416 e. The Labute approximate surface area is 138 Å². The van der Waals surface area contributed by atoms with Gasteiger partial charge in [-0.05, 0) is 42.4 Å². The lowest BCUT2D eigenvalue weighted by atomic mass is 10.1. The number of amides is 1. The molecule has 132 valence electrons. The third-order valence-electron chi connectivity index (χ3n) is 4.69. The van der Waals surface area contributed by atoms with Crippen LogP contribution in [0.5, 0.6) is 0 Å². The quantitative estimate of drug-likeness (QED) is 0.896. The third-order valence-corrected chi connectivity index (χ3v) is 6.52. The molecule has 1 aromatic carbocycles. The minimum Gasteiger partial charge on any atom is -0.356 e. The van der Waals surface area contributed by atoms with Crippen LogP contribution in [0.1, 0.15) is 29.9 Å². The van der Waals surface area contributed by atoms with E-state index in [4.69, 9.17) is 0 Å². The Morgan fingerprint density at radius 3 is 2.42 bits per heavy atom. The van der Waals surface area contributed by atoms with Crippen LogP contribution < -0.4 is 5.32 Å². The van der Waals surface area contributed by atoms with Crippen molar-refractivity contribution in [3.05, 3.63) is 35.4 Å². The van der Waals surface area contributed by atoms with Gasteiger partial charge in [0.05, 0.1) is 17.1 Å². The first-order chi connectivity index (χ1) is 11.2. The average Bonchev–Trinajstić information content (AvgIpc) is 3.22. The lowest BCUT2D eigenvalue weighted by Gasteiger charge is -2.10. The Morgan fingerprint density at radius 1 is 1.21 bits per heavy atom. The van der Waals surface area contributed by atoms with Crippen LogP contribution in [0.25, 0.3) is 0 Å². The van der Waals surface area contributed by atoms with E-state index in [0.717, 1.165) is 17.7 Å². The Balaban J connectivity index is 1.51. The van der Waals surface area contributed by atoms with Gasteiger partial charge in [0.2, 0.25) is 5.91 Å². The van der Waals surface area contributed by atoms with E-state index < -0.39 is 21.6 Å². The van der Waals surface area contributed by atoms with Gasteiger partial charge < -0.3 is 5.32 Å². The van der Waals surface area contributed by atoms with Crippen LogP contribution in [0.15, 0.2) is 24.3 Å². The first kappa shape index (κ1) is 17.3. The molecule has 0 bridgehead atoms. The molecule has 2 fully saturated rings. The van der Waals surface area contributed by atoms with E-state index in [-0.39, 0.29) is 35.2 Å². The SMILES string of the molecule is O=C(NCC1CCS(=O)(=O)C1)C1CC1c1ccc(C(F)(F)F)cc1. The average molecular weight is 361 g/mol. The molecule has 0 radical (unpaired) electrons. The molecule has 1 amide bonds. The summed E-state index contributed by atoms with van der Waals surface area (Å²) in [4.78, 5) is 12.1. The van der Waals surface area contributed by atoms with E-state index in [2.05, 4.69) is 5.32 Å². The molecule has 1 saturated heterocycles. The normalized spacial score (nSPS) is 28.5. The number of sulfone groups is 1. The monoisotopic (exact) mass is 361 g/mol. The summed E-state index contributed by atoms with van der Waals surface area (Å²) in [6, 6.07) is 4.91. The van der Waals surface area contributed by atoms with Crippen LogP contribution in [-0.2, 0) is 20.8 Å². The molecule has 3 atom stereocenters. The molecule has 1 heterocycles. The van der Waals surface area contributed by atoms with E-state index in [1.54, 1.807) is 0 Å². The highest BCUT2D eigenvalue weighted by Gasteiger charge is 2.44. The van der Waals surface area contributed by atoms with Crippen molar-refractivity contribution in [1.29, 1.82) is 0 Å². The summed E-state index contributed by atoms with van der Waals surface area (Å²) in [5, 5.41) is 2.78. The van der Waals surface area contributed by atoms with Crippen LogP contribution in [0.3, 0.4) is 0 Å². The van der Waals surface area contributed by atoms with Crippen molar-refractivity contribution in [1.82, 2.24) is 5.32 Å². The smallest absolute Gasteiger partial charge is 0.356 e. The summed E-state index contributed by atoms with van der Waals surface area (Å²) in [6.45, 7) is 0.342. The van der Waals surface area contributed by atoms with Crippen LogP contribution in [0.2, 0.25) is 0 Å². The van der Waals surface area contributed by atoms with Gasteiger partial charge in [-0.3, -0.25) is 4.79 Å². The minimum absolute atomic E-state index is 0.0396. The van der Waals surface area contributed by atoms with Crippen molar-refractivity contribution in [3.63, 3.8) is 0 Å². The molecular formula is C16H18F3NO3S. The lowest BCUT2D eigenvalue weighted by molar-refractivity contribution is -0.137. The highest BCUT2D eigenvalue weighted by atomic mass is 32.2. The summed E-state index contributed by atoms with van der Waals surface area (Å²) in [7, 11) is -2.96. The number of carbonyl (C=O) groups is 1. The second kappa shape index (κ2) is 6.06. The zero-order chi connectivity index (χ0) is 17.5. The predicted octanol–water partition coefficient (Wildman–Crippen LogP) is 2.36.